The van der Waals surface area contributed by atoms with Crippen molar-refractivity contribution in [3.05, 3.63) is 45.7 Å². The minimum absolute atomic E-state index is 0.0542. The molecule has 2 rings (SSSR count). The molecule has 1 aromatic carbocycles. The van der Waals surface area contributed by atoms with Crippen LogP contribution in [0, 0.1) is 24.2 Å². The molecule has 0 aliphatic carbocycles. The molecule has 0 bridgehead atoms. The van der Waals surface area contributed by atoms with Gasteiger partial charge in [-0.25, -0.2) is 8.42 Å². The van der Waals surface area contributed by atoms with Crippen molar-refractivity contribution in [3.63, 3.8) is 0 Å². The van der Waals surface area contributed by atoms with Crippen molar-refractivity contribution in [3.8, 4) is 11.9 Å². The van der Waals surface area contributed by atoms with Crippen LogP contribution in [0.25, 0.3) is 0 Å². The SMILES string of the molecule is CCCCC(CC)Cn1c(O)c(/N=N/c2ccc(S(=O)(=O)N(CCCC)CCCC)cc2)c(C)c(C#N)c1=O. The van der Waals surface area contributed by atoms with Crippen molar-refractivity contribution >= 4 is 21.4 Å². The number of azo groups is 1. The summed E-state index contributed by atoms with van der Waals surface area (Å²) in [6.45, 7) is 11.0. The van der Waals surface area contributed by atoms with Crippen LogP contribution in [0.3, 0.4) is 0 Å². The predicted octanol–water partition coefficient (Wildman–Crippen LogP) is 6.96. The van der Waals surface area contributed by atoms with E-state index in [-0.39, 0.29) is 40.1 Å². The Hall–Kier alpha value is -3.03. The van der Waals surface area contributed by atoms with Gasteiger partial charge in [-0.05, 0) is 56.4 Å². The van der Waals surface area contributed by atoms with Gasteiger partial charge in [0, 0.05) is 25.2 Å². The minimum atomic E-state index is -3.64. The molecular formula is C29H43N5O4S. The summed E-state index contributed by atoms with van der Waals surface area (Å²) < 4.78 is 29.2. The number of pyridine rings is 1. The first-order chi connectivity index (χ1) is 18.7. The number of aromatic hydroxyl groups is 1. The molecule has 0 saturated heterocycles. The Morgan fingerprint density at radius 1 is 1.00 bits per heavy atom. The Kier molecular flexibility index (Phi) is 12.8. The Morgan fingerprint density at radius 3 is 2.10 bits per heavy atom. The van der Waals surface area contributed by atoms with E-state index in [2.05, 4.69) is 17.2 Å². The van der Waals surface area contributed by atoms with Crippen molar-refractivity contribution in [1.29, 1.82) is 5.26 Å². The molecule has 9 nitrogen and oxygen atoms in total. The third-order valence-corrected chi connectivity index (χ3v) is 8.93. The predicted molar refractivity (Wildman–Crippen MR) is 154 cm³/mol. The van der Waals surface area contributed by atoms with Crippen LogP contribution in [0.4, 0.5) is 11.4 Å². The maximum Gasteiger partial charge on any atom is 0.271 e. The molecule has 0 aliphatic heterocycles. The van der Waals surface area contributed by atoms with Crippen LogP contribution in [-0.2, 0) is 16.6 Å². The lowest BCUT2D eigenvalue weighted by Gasteiger charge is -2.22. The van der Waals surface area contributed by atoms with E-state index in [4.69, 9.17) is 0 Å². The molecule has 0 amide bonds. The number of unbranched alkanes of at least 4 members (excludes halogenated alkanes) is 3. The molecule has 0 spiro atoms. The Labute approximate surface area is 233 Å². The van der Waals surface area contributed by atoms with Gasteiger partial charge in [0.15, 0.2) is 5.69 Å². The van der Waals surface area contributed by atoms with Crippen LogP contribution in [0.2, 0.25) is 0 Å². The van der Waals surface area contributed by atoms with Gasteiger partial charge in [-0.2, -0.15) is 14.7 Å². The first kappa shape index (κ1) is 32.2. The first-order valence-electron chi connectivity index (χ1n) is 14.0. The molecule has 1 aromatic heterocycles. The van der Waals surface area contributed by atoms with E-state index >= 15 is 0 Å². The number of nitrogens with zero attached hydrogens (tertiary/aromatic N) is 5. The molecule has 1 N–H and O–H groups in total. The van der Waals surface area contributed by atoms with Crippen molar-refractivity contribution in [2.45, 2.75) is 97.4 Å². The monoisotopic (exact) mass is 557 g/mol. The van der Waals surface area contributed by atoms with Gasteiger partial charge < -0.3 is 5.11 Å². The van der Waals surface area contributed by atoms with E-state index in [0.717, 1.165) is 51.4 Å². The molecule has 2 aromatic rings. The number of benzene rings is 1. The van der Waals surface area contributed by atoms with Crippen LogP contribution in [0.5, 0.6) is 5.88 Å². The van der Waals surface area contributed by atoms with Gasteiger partial charge in [0.05, 0.1) is 10.6 Å². The molecule has 1 heterocycles. The number of sulfonamides is 1. The zero-order chi connectivity index (χ0) is 29.0. The van der Waals surface area contributed by atoms with Crippen LogP contribution < -0.4 is 5.56 Å². The van der Waals surface area contributed by atoms with E-state index in [1.807, 2.05) is 26.8 Å². The lowest BCUT2D eigenvalue weighted by Crippen LogP contribution is -2.33. The van der Waals surface area contributed by atoms with Gasteiger partial charge in [0.25, 0.3) is 5.56 Å². The first-order valence-corrected chi connectivity index (χ1v) is 15.5. The van der Waals surface area contributed by atoms with E-state index < -0.39 is 15.6 Å². The molecule has 0 saturated carbocycles. The Bertz CT molecular complexity index is 1300. The molecule has 214 valence electrons. The number of hydrogen-bond acceptors (Lipinski definition) is 7. The zero-order valence-electron chi connectivity index (χ0n) is 24.0. The summed E-state index contributed by atoms with van der Waals surface area (Å²) in [4.78, 5) is 13.1. The molecular weight excluding hydrogens is 514 g/mol. The summed E-state index contributed by atoms with van der Waals surface area (Å²) >= 11 is 0. The van der Waals surface area contributed by atoms with Gasteiger partial charge in [0.2, 0.25) is 15.9 Å². The summed E-state index contributed by atoms with van der Waals surface area (Å²) in [7, 11) is -3.64. The third kappa shape index (κ3) is 8.23. The number of nitriles is 1. The lowest BCUT2D eigenvalue weighted by atomic mass is 9.99. The average Bonchev–Trinajstić information content (AvgIpc) is 2.93. The molecule has 39 heavy (non-hydrogen) atoms. The molecule has 0 radical (unpaired) electrons. The average molecular weight is 558 g/mol. The standard InChI is InChI=1S/C29H43N5O4S/c1-6-10-13-23(9-4)21-34-28(35)26(20-30)22(5)27(29(34)36)32-31-24-14-16-25(17-15-24)39(37,38)33(18-11-7-2)19-12-8-3/h14-17,23,36H,6-13,18-19,21H2,1-5H3/b32-31+. The molecule has 1 unspecified atom stereocenters. The van der Waals surface area contributed by atoms with Crippen molar-refractivity contribution in [2.24, 2.45) is 16.1 Å². The number of rotatable bonds is 16. The maximum absolute atomic E-state index is 13.2. The van der Waals surface area contributed by atoms with E-state index in [0.29, 0.717) is 18.8 Å². The molecule has 0 aliphatic rings. The summed E-state index contributed by atoms with van der Waals surface area (Å²) in [6.07, 6.45) is 7.19. The molecule has 0 fully saturated rings. The van der Waals surface area contributed by atoms with Crippen LogP contribution in [-0.4, -0.2) is 35.5 Å². The fraction of sp³-hybridized carbons (Fsp3) is 0.586. The third-order valence-electron chi connectivity index (χ3n) is 7.01. The summed E-state index contributed by atoms with van der Waals surface area (Å²) in [6, 6.07) is 8.07. The molecule has 10 heteroatoms. The van der Waals surface area contributed by atoms with Crippen LogP contribution in [0.1, 0.15) is 90.2 Å². The highest BCUT2D eigenvalue weighted by atomic mass is 32.2. The van der Waals surface area contributed by atoms with Gasteiger partial charge >= 0.3 is 0 Å². The number of aromatic nitrogens is 1. The van der Waals surface area contributed by atoms with Crippen molar-refractivity contribution in [2.75, 3.05) is 13.1 Å². The fourth-order valence-corrected chi connectivity index (χ4v) is 5.88. The highest BCUT2D eigenvalue weighted by Crippen LogP contribution is 2.33. The summed E-state index contributed by atoms with van der Waals surface area (Å²) in [5.74, 6) is -0.145. The van der Waals surface area contributed by atoms with Crippen LogP contribution in [0.15, 0.2) is 44.2 Å². The fourth-order valence-electron chi connectivity index (χ4n) is 4.36. The van der Waals surface area contributed by atoms with Crippen LogP contribution >= 0.6 is 0 Å². The Morgan fingerprint density at radius 2 is 1.59 bits per heavy atom. The largest absolute Gasteiger partial charge is 0.493 e. The highest BCUT2D eigenvalue weighted by molar-refractivity contribution is 7.89. The second-order valence-corrected chi connectivity index (χ2v) is 11.9. The Balaban J connectivity index is 2.40. The smallest absolute Gasteiger partial charge is 0.271 e. The summed E-state index contributed by atoms with van der Waals surface area (Å²) in [5.41, 5.74) is 0.0771. The molecule has 1 atom stereocenters. The quantitative estimate of drug-likeness (QED) is 0.223. The lowest BCUT2D eigenvalue weighted by molar-refractivity contribution is 0.340. The van der Waals surface area contributed by atoms with Gasteiger partial charge in [-0.15, -0.1) is 5.11 Å². The second-order valence-electron chi connectivity index (χ2n) is 9.92. The van der Waals surface area contributed by atoms with Gasteiger partial charge in [-0.3, -0.25) is 9.36 Å². The maximum atomic E-state index is 13.2. The highest BCUT2D eigenvalue weighted by Gasteiger charge is 2.24. The van der Waals surface area contributed by atoms with E-state index in [9.17, 15) is 23.6 Å². The van der Waals surface area contributed by atoms with Gasteiger partial charge in [0.1, 0.15) is 11.6 Å². The van der Waals surface area contributed by atoms with Crippen molar-refractivity contribution in [1.82, 2.24) is 8.87 Å². The van der Waals surface area contributed by atoms with E-state index in [1.165, 1.54) is 21.0 Å². The zero-order valence-corrected chi connectivity index (χ0v) is 24.8. The normalized spacial score (nSPS) is 12.7. The van der Waals surface area contributed by atoms with Gasteiger partial charge in [-0.1, -0.05) is 59.8 Å². The minimum Gasteiger partial charge on any atom is -0.493 e. The second kappa shape index (κ2) is 15.5. The summed E-state index contributed by atoms with van der Waals surface area (Å²) in [5, 5.41) is 29.0. The topological polar surface area (TPSA) is 128 Å². The number of hydrogen-bond donors (Lipinski definition) is 1. The van der Waals surface area contributed by atoms with E-state index in [1.54, 1.807) is 19.1 Å². The van der Waals surface area contributed by atoms with Crippen molar-refractivity contribution < 1.29 is 13.5 Å².